The van der Waals surface area contributed by atoms with Crippen LogP contribution in [0.4, 0.5) is 0 Å². The molecule has 0 aromatic rings. The minimum atomic E-state index is 0.758. The van der Waals surface area contributed by atoms with Gasteiger partial charge in [-0.05, 0) is 51.4 Å². The molecule has 1 nitrogen and oxygen atoms in total. The fraction of sp³-hybridized carbons (Fsp3) is 1.00. The van der Waals surface area contributed by atoms with Crippen LogP contribution in [0.25, 0.3) is 0 Å². The number of nitrogens with zero attached hydrogens (tertiary/aromatic N) is 1. The molecule has 2 heterocycles. The highest BCUT2D eigenvalue weighted by atomic mass is 15.2. The Hall–Kier alpha value is -0.0400. The number of hydrogen-bond donors (Lipinski definition) is 0. The van der Waals surface area contributed by atoms with E-state index >= 15 is 0 Å². The zero-order valence-electron chi connectivity index (χ0n) is 10.9. The van der Waals surface area contributed by atoms with Gasteiger partial charge in [0.2, 0.25) is 0 Å². The van der Waals surface area contributed by atoms with Crippen LogP contribution < -0.4 is 0 Å². The van der Waals surface area contributed by atoms with E-state index in [-0.39, 0.29) is 0 Å². The predicted molar refractivity (Wildman–Crippen MR) is 66.0 cm³/mol. The van der Waals surface area contributed by atoms with Crippen molar-refractivity contribution >= 4 is 0 Å². The van der Waals surface area contributed by atoms with Gasteiger partial charge >= 0.3 is 0 Å². The van der Waals surface area contributed by atoms with E-state index in [1.54, 1.807) is 0 Å². The SMILES string of the molecule is CC(C)C1CC2CCC[C@@H](C1)N2C(C)C. The zero-order valence-corrected chi connectivity index (χ0v) is 10.9. The van der Waals surface area contributed by atoms with Crippen LogP contribution in [0.2, 0.25) is 0 Å². The second-order valence-electron chi connectivity index (χ2n) is 6.26. The topological polar surface area (TPSA) is 3.24 Å². The molecule has 3 atom stereocenters. The Balaban J connectivity index is 2.08. The van der Waals surface area contributed by atoms with Crippen LogP contribution in [-0.2, 0) is 0 Å². The van der Waals surface area contributed by atoms with Crippen LogP contribution in [0.1, 0.15) is 59.8 Å². The first-order chi connectivity index (χ1) is 7.09. The highest BCUT2D eigenvalue weighted by Gasteiger charge is 2.39. The van der Waals surface area contributed by atoms with Crippen LogP contribution in [0.3, 0.4) is 0 Å². The summed E-state index contributed by atoms with van der Waals surface area (Å²) >= 11 is 0. The molecular weight excluding hydrogens is 182 g/mol. The lowest BCUT2D eigenvalue weighted by atomic mass is 9.73. The molecule has 0 aromatic carbocycles. The van der Waals surface area contributed by atoms with Crippen molar-refractivity contribution in [3.8, 4) is 0 Å². The summed E-state index contributed by atoms with van der Waals surface area (Å²) in [5.74, 6) is 1.89. The summed E-state index contributed by atoms with van der Waals surface area (Å²) in [5, 5.41) is 0. The van der Waals surface area contributed by atoms with Gasteiger partial charge in [0, 0.05) is 18.1 Å². The molecule has 88 valence electrons. The molecule has 2 aliphatic rings. The Morgan fingerprint density at radius 1 is 0.933 bits per heavy atom. The molecule has 2 rings (SSSR count). The van der Waals surface area contributed by atoms with Gasteiger partial charge in [0.1, 0.15) is 0 Å². The molecule has 0 amide bonds. The molecule has 1 heteroatoms. The first-order valence-corrected chi connectivity index (χ1v) is 6.87. The van der Waals surface area contributed by atoms with Crippen molar-refractivity contribution < 1.29 is 0 Å². The lowest BCUT2D eigenvalue weighted by Crippen LogP contribution is -2.55. The zero-order chi connectivity index (χ0) is 11.0. The van der Waals surface area contributed by atoms with Crippen LogP contribution >= 0.6 is 0 Å². The molecule has 2 saturated heterocycles. The van der Waals surface area contributed by atoms with Crippen molar-refractivity contribution in [2.24, 2.45) is 11.8 Å². The highest BCUT2D eigenvalue weighted by molar-refractivity contribution is 4.94. The summed E-state index contributed by atoms with van der Waals surface area (Å²) in [6.07, 6.45) is 7.32. The quantitative estimate of drug-likeness (QED) is 0.670. The third kappa shape index (κ3) is 2.22. The van der Waals surface area contributed by atoms with Gasteiger partial charge in [0.15, 0.2) is 0 Å². The van der Waals surface area contributed by atoms with Gasteiger partial charge in [-0.1, -0.05) is 20.3 Å². The van der Waals surface area contributed by atoms with Gasteiger partial charge in [0.05, 0.1) is 0 Å². The third-order valence-corrected chi connectivity index (χ3v) is 4.61. The van der Waals surface area contributed by atoms with E-state index in [1.165, 1.54) is 32.1 Å². The maximum atomic E-state index is 2.82. The highest BCUT2D eigenvalue weighted by Crippen LogP contribution is 2.40. The summed E-state index contributed by atoms with van der Waals surface area (Å²) in [6, 6.07) is 2.57. The van der Waals surface area contributed by atoms with Crippen molar-refractivity contribution in [2.75, 3.05) is 0 Å². The number of hydrogen-bond acceptors (Lipinski definition) is 1. The first kappa shape index (κ1) is 11.4. The number of rotatable bonds is 2. The van der Waals surface area contributed by atoms with E-state index in [2.05, 4.69) is 32.6 Å². The molecule has 0 aromatic heterocycles. The van der Waals surface area contributed by atoms with Crippen molar-refractivity contribution in [3.63, 3.8) is 0 Å². The van der Waals surface area contributed by atoms with Gasteiger partial charge in [-0.15, -0.1) is 0 Å². The monoisotopic (exact) mass is 209 g/mol. The molecule has 0 N–H and O–H groups in total. The lowest BCUT2D eigenvalue weighted by Gasteiger charge is -2.52. The second kappa shape index (κ2) is 4.45. The van der Waals surface area contributed by atoms with Crippen molar-refractivity contribution in [3.05, 3.63) is 0 Å². The minimum Gasteiger partial charge on any atom is -0.295 e. The van der Waals surface area contributed by atoms with Crippen molar-refractivity contribution in [1.29, 1.82) is 0 Å². The van der Waals surface area contributed by atoms with E-state index in [1.807, 2.05) is 0 Å². The summed E-state index contributed by atoms with van der Waals surface area (Å²) in [5.41, 5.74) is 0. The van der Waals surface area contributed by atoms with Crippen LogP contribution in [0.5, 0.6) is 0 Å². The summed E-state index contributed by atoms with van der Waals surface area (Å²) in [7, 11) is 0. The van der Waals surface area contributed by atoms with Crippen LogP contribution in [-0.4, -0.2) is 23.0 Å². The molecule has 0 spiro atoms. The fourth-order valence-electron chi connectivity index (χ4n) is 3.85. The average Bonchev–Trinajstić information content (AvgIpc) is 2.15. The lowest BCUT2D eigenvalue weighted by molar-refractivity contribution is -0.0195. The van der Waals surface area contributed by atoms with Crippen LogP contribution in [0.15, 0.2) is 0 Å². The van der Waals surface area contributed by atoms with E-state index in [4.69, 9.17) is 0 Å². The molecular formula is C14H27N. The largest absolute Gasteiger partial charge is 0.295 e. The van der Waals surface area contributed by atoms with Gasteiger partial charge in [-0.3, -0.25) is 4.90 Å². The molecule has 2 bridgehead atoms. The normalized spacial score (nSPS) is 37.6. The van der Waals surface area contributed by atoms with E-state index in [9.17, 15) is 0 Å². The fourth-order valence-corrected chi connectivity index (χ4v) is 3.85. The maximum Gasteiger partial charge on any atom is 0.0104 e. The smallest absolute Gasteiger partial charge is 0.0104 e. The van der Waals surface area contributed by atoms with E-state index in [0.29, 0.717) is 0 Å². The summed E-state index contributed by atoms with van der Waals surface area (Å²) in [6.45, 7) is 9.57. The predicted octanol–water partition coefficient (Wildman–Crippen LogP) is 3.68. The minimum absolute atomic E-state index is 0.758. The molecule has 2 unspecified atom stereocenters. The Kier molecular flexibility index (Phi) is 3.39. The molecule has 2 fully saturated rings. The van der Waals surface area contributed by atoms with E-state index < -0.39 is 0 Å². The Bertz CT molecular complexity index is 195. The third-order valence-electron chi connectivity index (χ3n) is 4.61. The Morgan fingerprint density at radius 3 is 1.87 bits per heavy atom. The van der Waals surface area contributed by atoms with Crippen molar-refractivity contribution in [1.82, 2.24) is 4.90 Å². The van der Waals surface area contributed by atoms with Gasteiger partial charge < -0.3 is 0 Å². The van der Waals surface area contributed by atoms with Gasteiger partial charge in [-0.25, -0.2) is 0 Å². The Morgan fingerprint density at radius 2 is 1.47 bits per heavy atom. The summed E-state index contributed by atoms with van der Waals surface area (Å²) in [4.78, 5) is 2.82. The first-order valence-electron chi connectivity index (χ1n) is 6.87. The molecule has 0 saturated carbocycles. The molecule has 0 radical (unpaired) electrons. The van der Waals surface area contributed by atoms with Crippen molar-refractivity contribution in [2.45, 2.75) is 77.9 Å². The number of fused-ring (bicyclic) bond motifs is 2. The molecule has 0 aliphatic carbocycles. The average molecular weight is 209 g/mol. The standard InChI is InChI=1S/C14H27N/c1-10(2)12-8-13-6-5-7-14(9-12)15(13)11(3)4/h10-14H,5-9H2,1-4H3/t12?,13-,14?/m0/s1. The molecule has 2 aliphatic heterocycles. The van der Waals surface area contributed by atoms with E-state index in [0.717, 1.165) is 30.0 Å². The molecule has 15 heavy (non-hydrogen) atoms. The van der Waals surface area contributed by atoms with Gasteiger partial charge in [-0.2, -0.15) is 0 Å². The Labute approximate surface area is 95.2 Å². The second-order valence-corrected chi connectivity index (χ2v) is 6.26. The van der Waals surface area contributed by atoms with Gasteiger partial charge in [0.25, 0.3) is 0 Å². The number of piperidine rings is 2. The summed E-state index contributed by atoms with van der Waals surface area (Å²) < 4.78 is 0. The maximum absolute atomic E-state index is 2.82. The van der Waals surface area contributed by atoms with Crippen LogP contribution in [0, 0.1) is 11.8 Å².